The van der Waals surface area contributed by atoms with E-state index < -0.39 is 5.91 Å². The van der Waals surface area contributed by atoms with Crippen molar-refractivity contribution in [2.75, 3.05) is 0 Å². The van der Waals surface area contributed by atoms with Crippen LogP contribution in [-0.4, -0.2) is 25.9 Å². The number of tetrazole rings is 1. The van der Waals surface area contributed by atoms with E-state index in [1.807, 2.05) is 24.3 Å². The summed E-state index contributed by atoms with van der Waals surface area (Å²) in [5.41, 5.74) is 7.16. The molecule has 3 rings (SSSR count). The molecule has 0 aliphatic heterocycles. The first-order valence-electron chi connectivity index (χ1n) is 5.09. The minimum absolute atomic E-state index is 0.459. The van der Waals surface area contributed by atoms with Gasteiger partial charge in [0.25, 0.3) is 5.91 Å². The molecule has 2 N–H and O–H groups in total. The smallest absolute Gasteiger partial charge is 0.251 e. The lowest BCUT2D eigenvalue weighted by Crippen LogP contribution is -2.16. The molecule has 0 bridgehead atoms. The highest BCUT2D eigenvalue weighted by Crippen LogP contribution is 2.24. The van der Waals surface area contributed by atoms with E-state index in [-0.39, 0.29) is 0 Å². The first kappa shape index (κ1) is 9.71. The van der Waals surface area contributed by atoms with Crippen molar-refractivity contribution in [3.05, 3.63) is 35.5 Å². The Kier molecular flexibility index (Phi) is 1.85. The summed E-state index contributed by atoms with van der Waals surface area (Å²) in [7, 11) is 0. The number of primary amides is 1. The van der Waals surface area contributed by atoms with Crippen molar-refractivity contribution in [3.63, 3.8) is 0 Å². The average molecular weight is 227 g/mol. The molecule has 0 aliphatic rings. The Hall–Kier alpha value is -2.50. The number of amides is 1. The summed E-state index contributed by atoms with van der Waals surface area (Å²) in [5.74, 6) is -0.476. The van der Waals surface area contributed by atoms with Gasteiger partial charge < -0.3 is 5.73 Å². The van der Waals surface area contributed by atoms with E-state index in [9.17, 15) is 4.79 Å². The Balaban J connectivity index is 2.66. The van der Waals surface area contributed by atoms with Gasteiger partial charge in [0.1, 0.15) is 0 Å². The molecule has 0 saturated heterocycles. The zero-order valence-electron chi connectivity index (χ0n) is 9.08. The number of rotatable bonds is 1. The zero-order valence-corrected chi connectivity index (χ0v) is 9.08. The Bertz CT molecular complexity index is 746. The lowest BCUT2D eigenvalue weighted by atomic mass is 10.0. The van der Waals surface area contributed by atoms with E-state index in [2.05, 4.69) is 15.5 Å². The molecule has 1 aromatic carbocycles. The van der Waals surface area contributed by atoms with Gasteiger partial charge >= 0.3 is 0 Å². The van der Waals surface area contributed by atoms with Gasteiger partial charge in [-0.05, 0) is 17.4 Å². The standard InChI is InChI=1S/C11H9N5O/c1-6-9(10(12)17)7-4-2-3-5-8(7)11-13-14-15-16(6)11/h2-5H,1H3,(H2,12,17). The quantitative estimate of drug-likeness (QED) is 0.662. The molecule has 6 heteroatoms. The molecule has 2 heterocycles. The molecule has 0 saturated carbocycles. The van der Waals surface area contributed by atoms with Crippen molar-refractivity contribution in [1.82, 2.24) is 20.0 Å². The summed E-state index contributed by atoms with van der Waals surface area (Å²) in [6.45, 7) is 1.77. The van der Waals surface area contributed by atoms with E-state index >= 15 is 0 Å². The zero-order chi connectivity index (χ0) is 12.0. The highest BCUT2D eigenvalue weighted by atomic mass is 16.1. The number of nitrogens with zero attached hydrogens (tertiary/aromatic N) is 4. The molecule has 3 aromatic rings. The number of aromatic nitrogens is 4. The second kappa shape index (κ2) is 3.24. The summed E-state index contributed by atoms with van der Waals surface area (Å²) in [5, 5.41) is 13.0. The van der Waals surface area contributed by atoms with Crippen molar-refractivity contribution in [2.24, 2.45) is 5.73 Å². The lowest BCUT2D eigenvalue weighted by molar-refractivity contribution is 0.100. The molecule has 84 valence electrons. The highest BCUT2D eigenvalue weighted by Gasteiger charge is 2.16. The fourth-order valence-corrected chi connectivity index (χ4v) is 2.09. The van der Waals surface area contributed by atoms with Crippen LogP contribution in [0.4, 0.5) is 0 Å². The first-order valence-corrected chi connectivity index (χ1v) is 5.09. The number of hydrogen-bond acceptors (Lipinski definition) is 4. The average Bonchev–Trinajstić information content (AvgIpc) is 2.78. The molecule has 0 aliphatic carbocycles. The topological polar surface area (TPSA) is 86.2 Å². The minimum Gasteiger partial charge on any atom is -0.366 e. The molecule has 0 fully saturated rings. The molecule has 1 amide bonds. The number of aryl methyl sites for hydroxylation is 1. The van der Waals surface area contributed by atoms with Crippen LogP contribution < -0.4 is 5.73 Å². The van der Waals surface area contributed by atoms with Gasteiger partial charge in [0.15, 0.2) is 5.65 Å². The van der Waals surface area contributed by atoms with Crippen LogP contribution in [0, 0.1) is 6.92 Å². The fraction of sp³-hybridized carbons (Fsp3) is 0.0909. The summed E-state index contributed by atoms with van der Waals surface area (Å²) in [6.07, 6.45) is 0. The monoisotopic (exact) mass is 227 g/mol. The van der Waals surface area contributed by atoms with Gasteiger partial charge in [-0.25, -0.2) is 0 Å². The first-order chi connectivity index (χ1) is 8.20. The molecule has 17 heavy (non-hydrogen) atoms. The Morgan fingerprint density at radius 1 is 1.29 bits per heavy atom. The van der Waals surface area contributed by atoms with Crippen LogP contribution >= 0.6 is 0 Å². The minimum atomic E-state index is -0.476. The van der Waals surface area contributed by atoms with Gasteiger partial charge in [-0.1, -0.05) is 24.3 Å². The molecular formula is C11H9N5O. The Morgan fingerprint density at radius 2 is 2.00 bits per heavy atom. The third kappa shape index (κ3) is 1.20. The van der Waals surface area contributed by atoms with Crippen LogP contribution in [0.15, 0.2) is 24.3 Å². The maximum absolute atomic E-state index is 11.5. The highest BCUT2D eigenvalue weighted by molar-refractivity contribution is 6.10. The maximum Gasteiger partial charge on any atom is 0.251 e. The van der Waals surface area contributed by atoms with Crippen molar-refractivity contribution in [2.45, 2.75) is 6.92 Å². The normalized spacial score (nSPS) is 11.1. The predicted molar refractivity (Wildman–Crippen MR) is 61.5 cm³/mol. The molecular weight excluding hydrogens is 218 g/mol. The van der Waals surface area contributed by atoms with Gasteiger partial charge in [-0.2, -0.15) is 4.52 Å². The van der Waals surface area contributed by atoms with Crippen LogP contribution in [0.2, 0.25) is 0 Å². The number of pyridine rings is 1. The number of hydrogen-bond donors (Lipinski definition) is 1. The van der Waals surface area contributed by atoms with Crippen LogP contribution in [0.25, 0.3) is 16.4 Å². The largest absolute Gasteiger partial charge is 0.366 e. The summed E-state index contributed by atoms with van der Waals surface area (Å²) in [4.78, 5) is 11.5. The number of nitrogens with two attached hydrogens (primary N) is 1. The van der Waals surface area contributed by atoms with E-state index in [4.69, 9.17) is 5.73 Å². The van der Waals surface area contributed by atoms with Crippen LogP contribution in [0.5, 0.6) is 0 Å². The Labute approximate surface area is 96.0 Å². The molecule has 0 spiro atoms. The summed E-state index contributed by atoms with van der Waals surface area (Å²) >= 11 is 0. The SMILES string of the molecule is Cc1c(C(N)=O)c2ccccc2c2nnnn12. The lowest BCUT2D eigenvalue weighted by Gasteiger charge is -2.08. The number of carbonyl (C=O) groups excluding carboxylic acids is 1. The second-order valence-electron chi connectivity index (χ2n) is 3.78. The fourth-order valence-electron chi connectivity index (χ4n) is 2.09. The number of carbonyl (C=O) groups is 1. The maximum atomic E-state index is 11.5. The molecule has 0 radical (unpaired) electrons. The number of fused-ring (bicyclic) bond motifs is 3. The van der Waals surface area contributed by atoms with Crippen molar-refractivity contribution in [1.29, 1.82) is 0 Å². The second-order valence-corrected chi connectivity index (χ2v) is 3.78. The molecule has 0 unspecified atom stereocenters. The summed E-state index contributed by atoms with van der Waals surface area (Å²) in [6, 6.07) is 7.44. The van der Waals surface area contributed by atoms with E-state index in [1.54, 1.807) is 6.92 Å². The van der Waals surface area contributed by atoms with Crippen LogP contribution in [0.3, 0.4) is 0 Å². The van der Waals surface area contributed by atoms with Gasteiger partial charge in [0.2, 0.25) is 0 Å². The number of benzene rings is 1. The van der Waals surface area contributed by atoms with Crippen LogP contribution in [-0.2, 0) is 0 Å². The van der Waals surface area contributed by atoms with E-state index in [0.29, 0.717) is 16.9 Å². The Morgan fingerprint density at radius 3 is 2.71 bits per heavy atom. The third-order valence-corrected chi connectivity index (χ3v) is 2.83. The van der Waals surface area contributed by atoms with Crippen molar-refractivity contribution < 1.29 is 4.79 Å². The van der Waals surface area contributed by atoms with Crippen LogP contribution in [0.1, 0.15) is 16.1 Å². The van der Waals surface area contributed by atoms with Gasteiger partial charge in [0, 0.05) is 10.8 Å². The van der Waals surface area contributed by atoms with E-state index in [1.165, 1.54) is 4.52 Å². The predicted octanol–water partition coefficient (Wildman–Crippen LogP) is 0.685. The van der Waals surface area contributed by atoms with Gasteiger partial charge in [0.05, 0.1) is 11.3 Å². The van der Waals surface area contributed by atoms with E-state index in [0.717, 1.165) is 10.8 Å². The summed E-state index contributed by atoms with van der Waals surface area (Å²) < 4.78 is 1.53. The molecule has 2 aromatic heterocycles. The molecule has 0 atom stereocenters. The van der Waals surface area contributed by atoms with Gasteiger partial charge in [-0.3, -0.25) is 4.79 Å². The van der Waals surface area contributed by atoms with Gasteiger partial charge in [-0.15, -0.1) is 5.10 Å². The third-order valence-electron chi connectivity index (χ3n) is 2.83. The molecule has 6 nitrogen and oxygen atoms in total. The van der Waals surface area contributed by atoms with Crippen molar-refractivity contribution in [3.8, 4) is 0 Å². The van der Waals surface area contributed by atoms with Crippen molar-refractivity contribution >= 4 is 22.3 Å².